The quantitative estimate of drug-likeness (QED) is 0.655. The van der Waals surface area contributed by atoms with Crippen molar-refractivity contribution in [1.29, 1.82) is 0 Å². The minimum absolute atomic E-state index is 0.110. The molecule has 7 nitrogen and oxygen atoms in total. The molecule has 1 aromatic carbocycles. The fourth-order valence-electron chi connectivity index (χ4n) is 1.58. The van der Waals surface area contributed by atoms with Gasteiger partial charge in [-0.05, 0) is 13.0 Å². The maximum absolute atomic E-state index is 10.8. The highest BCUT2D eigenvalue weighted by Gasteiger charge is 2.10. The molecule has 0 fully saturated rings. The number of benzene rings is 1. The van der Waals surface area contributed by atoms with Gasteiger partial charge in [-0.25, -0.2) is 0 Å². The smallest absolute Gasteiger partial charge is 0.274 e. The zero-order valence-corrected chi connectivity index (χ0v) is 10.1. The predicted molar refractivity (Wildman–Crippen MR) is 66.2 cm³/mol. The summed E-state index contributed by atoms with van der Waals surface area (Å²) in [6.07, 6.45) is 1.79. The molecule has 0 atom stereocenters. The molecule has 0 bridgehead atoms. The number of aromatic nitrogens is 3. The molecule has 0 radical (unpaired) electrons. The van der Waals surface area contributed by atoms with Crippen LogP contribution in [-0.4, -0.2) is 19.9 Å². The van der Waals surface area contributed by atoms with E-state index in [1.165, 1.54) is 6.07 Å². The van der Waals surface area contributed by atoms with Gasteiger partial charge in [0, 0.05) is 30.6 Å². The Balaban J connectivity index is 2.10. The van der Waals surface area contributed by atoms with Crippen LogP contribution in [0, 0.1) is 17.0 Å². The minimum atomic E-state index is -0.386. The number of hydrogen-bond acceptors (Lipinski definition) is 5. The average Bonchev–Trinajstić information content (AvgIpc) is 2.74. The zero-order valence-electron chi connectivity index (χ0n) is 10.1. The molecule has 0 aliphatic rings. The third-order valence-corrected chi connectivity index (χ3v) is 2.53. The molecule has 1 aromatic heterocycles. The van der Waals surface area contributed by atoms with E-state index in [1.54, 1.807) is 37.0 Å². The van der Waals surface area contributed by atoms with Crippen molar-refractivity contribution >= 4 is 11.4 Å². The first-order chi connectivity index (χ1) is 8.56. The van der Waals surface area contributed by atoms with Gasteiger partial charge in [0.05, 0.1) is 11.5 Å². The third kappa shape index (κ3) is 2.62. The van der Waals surface area contributed by atoms with Crippen molar-refractivity contribution in [2.45, 2.75) is 13.5 Å². The maximum Gasteiger partial charge on any atom is 0.274 e. The maximum atomic E-state index is 10.8. The molecule has 2 aromatic rings. The van der Waals surface area contributed by atoms with Crippen molar-refractivity contribution in [3.63, 3.8) is 0 Å². The van der Waals surface area contributed by atoms with Crippen LogP contribution < -0.4 is 5.32 Å². The second-order valence-corrected chi connectivity index (χ2v) is 4.00. The molecule has 0 aliphatic heterocycles. The third-order valence-electron chi connectivity index (χ3n) is 2.53. The highest BCUT2D eigenvalue weighted by molar-refractivity contribution is 5.54. The molecule has 1 heterocycles. The number of nitrogens with zero attached hydrogens (tertiary/aromatic N) is 4. The summed E-state index contributed by atoms with van der Waals surface area (Å²) < 4.78 is 1.61. The molecule has 0 saturated heterocycles. The lowest BCUT2D eigenvalue weighted by Crippen LogP contribution is -2.01. The van der Waals surface area contributed by atoms with E-state index in [9.17, 15) is 10.1 Å². The Hall–Kier alpha value is -2.44. The number of nitro groups is 1. The van der Waals surface area contributed by atoms with E-state index in [-0.39, 0.29) is 10.6 Å². The Kier molecular flexibility index (Phi) is 3.22. The lowest BCUT2D eigenvalue weighted by molar-refractivity contribution is -0.385. The lowest BCUT2D eigenvalue weighted by atomic mass is 10.2. The average molecular weight is 247 g/mol. The van der Waals surface area contributed by atoms with E-state index in [1.807, 2.05) is 0 Å². The van der Waals surface area contributed by atoms with E-state index in [4.69, 9.17) is 0 Å². The molecule has 7 heteroatoms. The van der Waals surface area contributed by atoms with Crippen molar-refractivity contribution in [3.05, 3.63) is 45.8 Å². The van der Waals surface area contributed by atoms with Crippen molar-refractivity contribution in [3.8, 4) is 0 Å². The Labute approximate surface area is 104 Å². The number of aryl methyl sites for hydroxylation is 2. The van der Waals surface area contributed by atoms with Gasteiger partial charge >= 0.3 is 0 Å². The predicted octanol–water partition coefficient (Wildman–Crippen LogP) is 1.64. The van der Waals surface area contributed by atoms with Crippen LogP contribution in [0.3, 0.4) is 0 Å². The van der Waals surface area contributed by atoms with Crippen LogP contribution in [0.4, 0.5) is 11.4 Å². The van der Waals surface area contributed by atoms with Gasteiger partial charge in [0.25, 0.3) is 5.69 Å². The summed E-state index contributed by atoms with van der Waals surface area (Å²) in [6.45, 7) is 2.19. The molecule has 0 aliphatic carbocycles. The summed E-state index contributed by atoms with van der Waals surface area (Å²) in [5.74, 6) is 0. The second kappa shape index (κ2) is 4.82. The van der Waals surface area contributed by atoms with Gasteiger partial charge in [-0.3, -0.25) is 14.8 Å². The van der Waals surface area contributed by atoms with E-state index in [0.29, 0.717) is 17.8 Å². The van der Waals surface area contributed by atoms with Gasteiger partial charge in [0.1, 0.15) is 5.69 Å². The monoisotopic (exact) mass is 247 g/mol. The summed E-state index contributed by atoms with van der Waals surface area (Å²) in [7, 11) is 1.78. The topological polar surface area (TPSA) is 85.9 Å². The number of anilines is 1. The SMILES string of the molecule is Cc1ccc(NCc2cn(C)nn2)cc1[N+](=O)[O-]. The van der Waals surface area contributed by atoms with Gasteiger partial charge in [0.2, 0.25) is 0 Å². The zero-order chi connectivity index (χ0) is 13.1. The van der Waals surface area contributed by atoms with Crippen LogP contribution in [0.25, 0.3) is 0 Å². The second-order valence-electron chi connectivity index (χ2n) is 4.00. The highest BCUT2D eigenvalue weighted by atomic mass is 16.6. The van der Waals surface area contributed by atoms with Crippen LogP contribution in [0.2, 0.25) is 0 Å². The fourth-order valence-corrected chi connectivity index (χ4v) is 1.58. The molecule has 94 valence electrons. The lowest BCUT2D eigenvalue weighted by Gasteiger charge is -2.05. The summed E-state index contributed by atoms with van der Waals surface area (Å²) in [5.41, 5.74) is 2.22. The Morgan fingerprint density at radius 3 is 2.89 bits per heavy atom. The molecule has 0 unspecified atom stereocenters. The van der Waals surface area contributed by atoms with Gasteiger partial charge < -0.3 is 5.32 Å². The number of nitrogens with one attached hydrogen (secondary N) is 1. The summed E-state index contributed by atoms with van der Waals surface area (Å²) in [5, 5.41) is 21.6. The van der Waals surface area contributed by atoms with E-state index >= 15 is 0 Å². The Morgan fingerprint density at radius 1 is 1.50 bits per heavy atom. The van der Waals surface area contributed by atoms with Crippen LogP contribution in [0.5, 0.6) is 0 Å². The number of nitro benzene ring substituents is 1. The molecular formula is C11H13N5O2. The van der Waals surface area contributed by atoms with Crippen LogP contribution in [0.15, 0.2) is 24.4 Å². The first-order valence-corrected chi connectivity index (χ1v) is 5.40. The standard InChI is InChI=1S/C11H13N5O2/c1-8-3-4-9(5-11(8)16(17)18)12-6-10-7-15(2)14-13-10/h3-5,7,12H,6H2,1-2H3. The van der Waals surface area contributed by atoms with E-state index in [2.05, 4.69) is 15.6 Å². The molecule has 18 heavy (non-hydrogen) atoms. The van der Waals surface area contributed by atoms with Gasteiger partial charge in [-0.2, -0.15) is 0 Å². The van der Waals surface area contributed by atoms with Gasteiger partial charge in [-0.1, -0.05) is 11.3 Å². The molecule has 1 N–H and O–H groups in total. The summed E-state index contributed by atoms with van der Waals surface area (Å²) in [6, 6.07) is 5.04. The van der Waals surface area contributed by atoms with Crippen molar-refractivity contribution in [2.75, 3.05) is 5.32 Å². The van der Waals surface area contributed by atoms with Crippen LogP contribution >= 0.6 is 0 Å². The van der Waals surface area contributed by atoms with Crippen LogP contribution in [-0.2, 0) is 13.6 Å². The van der Waals surface area contributed by atoms with Crippen molar-refractivity contribution < 1.29 is 4.92 Å². The number of rotatable bonds is 4. The molecule has 0 amide bonds. The summed E-state index contributed by atoms with van der Waals surface area (Å²) in [4.78, 5) is 10.4. The largest absolute Gasteiger partial charge is 0.379 e. The first kappa shape index (κ1) is 12.0. The molecular weight excluding hydrogens is 234 g/mol. The summed E-state index contributed by atoms with van der Waals surface area (Å²) >= 11 is 0. The van der Waals surface area contributed by atoms with Gasteiger partial charge in [0.15, 0.2) is 0 Å². The molecule has 2 rings (SSSR count). The van der Waals surface area contributed by atoms with E-state index < -0.39 is 0 Å². The Bertz CT molecular complexity index is 579. The van der Waals surface area contributed by atoms with Gasteiger partial charge in [-0.15, -0.1) is 5.10 Å². The van der Waals surface area contributed by atoms with E-state index in [0.717, 1.165) is 5.69 Å². The fraction of sp³-hybridized carbons (Fsp3) is 0.273. The molecule has 0 saturated carbocycles. The minimum Gasteiger partial charge on any atom is -0.379 e. The first-order valence-electron chi connectivity index (χ1n) is 5.40. The normalized spacial score (nSPS) is 10.3. The Morgan fingerprint density at radius 2 is 2.28 bits per heavy atom. The van der Waals surface area contributed by atoms with Crippen molar-refractivity contribution in [2.24, 2.45) is 7.05 Å². The van der Waals surface area contributed by atoms with Crippen molar-refractivity contribution in [1.82, 2.24) is 15.0 Å². The molecule has 0 spiro atoms. The highest BCUT2D eigenvalue weighted by Crippen LogP contribution is 2.22. The van der Waals surface area contributed by atoms with Crippen LogP contribution in [0.1, 0.15) is 11.3 Å². The number of hydrogen-bond donors (Lipinski definition) is 1.